The van der Waals surface area contributed by atoms with E-state index < -0.39 is 10.8 Å². The zero-order chi connectivity index (χ0) is 14.8. The summed E-state index contributed by atoms with van der Waals surface area (Å²) in [5.74, 6) is 0.580. The van der Waals surface area contributed by atoms with Crippen molar-refractivity contribution >= 4 is 21.8 Å². The molecule has 0 radical (unpaired) electrons. The van der Waals surface area contributed by atoms with Gasteiger partial charge in [0.25, 0.3) is 0 Å². The van der Waals surface area contributed by atoms with E-state index in [0.717, 1.165) is 19.3 Å². The zero-order valence-corrected chi connectivity index (χ0v) is 12.5. The minimum Gasteiger partial charge on any atom is -0.465 e. The molecule has 2 unspecified atom stereocenters. The van der Waals surface area contributed by atoms with Crippen LogP contribution in [0.5, 0.6) is 5.75 Å². The van der Waals surface area contributed by atoms with Crippen molar-refractivity contribution in [2.75, 3.05) is 12.9 Å². The summed E-state index contributed by atoms with van der Waals surface area (Å²) in [6, 6.07) is 6.29. The van der Waals surface area contributed by atoms with Gasteiger partial charge >= 0.3 is 0 Å². The Balaban J connectivity index is 1.94. The number of hydrogen-bond acceptors (Lipinski definition) is 5. The second kappa shape index (κ2) is 5.99. The molecule has 3 rings (SSSR count). The van der Waals surface area contributed by atoms with Crippen LogP contribution < -0.4 is 10.2 Å². The van der Waals surface area contributed by atoms with Crippen molar-refractivity contribution in [3.05, 3.63) is 34.5 Å². The van der Waals surface area contributed by atoms with Crippen molar-refractivity contribution in [1.82, 2.24) is 0 Å². The lowest BCUT2D eigenvalue weighted by atomic mass is 10.2. The Hall–Kier alpha value is -1.66. The molecule has 6 heteroatoms. The first-order valence-electron chi connectivity index (χ1n) is 6.83. The van der Waals surface area contributed by atoms with Crippen molar-refractivity contribution in [2.45, 2.75) is 30.6 Å². The lowest BCUT2D eigenvalue weighted by Crippen LogP contribution is -2.24. The van der Waals surface area contributed by atoms with Gasteiger partial charge in [-0.25, -0.2) is 0 Å². The molecule has 2 atom stereocenters. The first kappa shape index (κ1) is 14.3. The van der Waals surface area contributed by atoms with Crippen LogP contribution in [-0.2, 0) is 15.5 Å². The number of benzene rings is 1. The quantitative estimate of drug-likeness (QED) is 0.871. The van der Waals surface area contributed by atoms with Crippen LogP contribution in [0, 0.1) is 0 Å². The van der Waals surface area contributed by atoms with Crippen LogP contribution in [0.25, 0.3) is 11.0 Å². The lowest BCUT2D eigenvalue weighted by molar-refractivity contribution is -0.105. The van der Waals surface area contributed by atoms with Gasteiger partial charge in [-0.2, -0.15) is 0 Å². The molecule has 2 heterocycles. The molecule has 5 nitrogen and oxygen atoms in total. The van der Waals surface area contributed by atoms with Gasteiger partial charge in [-0.15, -0.1) is 0 Å². The van der Waals surface area contributed by atoms with E-state index in [4.69, 9.17) is 13.9 Å². The highest BCUT2D eigenvalue weighted by atomic mass is 32.2. The van der Waals surface area contributed by atoms with Crippen LogP contribution >= 0.6 is 0 Å². The third-order valence-corrected chi connectivity index (χ3v) is 4.13. The van der Waals surface area contributed by atoms with Crippen LogP contribution in [0.1, 0.15) is 19.3 Å². The van der Waals surface area contributed by atoms with Crippen molar-refractivity contribution in [3.8, 4) is 5.75 Å². The predicted octanol–water partition coefficient (Wildman–Crippen LogP) is 2.44. The average molecular weight is 308 g/mol. The van der Waals surface area contributed by atoms with Crippen LogP contribution in [0.4, 0.5) is 0 Å². The molecule has 0 amide bonds. The van der Waals surface area contributed by atoms with Crippen LogP contribution in [0.3, 0.4) is 0 Å². The van der Waals surface area contributed by atoms with E-state index in [1.165, 1.54) is 12.3 Å². The Bertz CT molecular complexity index is 730. The van der Waals surface area contributed by atoms with Crippen molar-refractivity contribution in [2.24, 2.45) is 0 Å². The van der Waals surface area contributed by atoms with Gasteiger partial charge in [-0.1, -0.05) is 0 Å². The van der Waals surface area contributed by atoms with Gasteiger partial charge in [-0.05, 0) is 25.0 Å². The Morgan fingerprint density at radius 1 is 1.29 bits per heavy atom. The van der Waals surface area contributed by atoms with E-state index in [1.807, 2.05) is 0 Å². The maximum absolute atomic E-state index is 11.9. The molecule has 21 heavy (non-hydrogen) atoms. The summed E-state index contributed by atoms with van der Waals surface area (Å²) in [6.07, 6.45) is 4.19. The summed E-state index contributed by atoms with van der Waals surface area (Å²) >= 11 is 0. The fourth-order valence-electron chi connectivity index (χ4n) is 2.28. The summed E-state index contributed by atoms with van der Waals surface area (Å²) in [5.41, 5.74) is 0.169. The van der Waals surface area contributed by atoms with Gasteiger partial charge in [0.05, 0.1) is 22.8 Å². The highest BCUT2D eigenvalue weighted by Gasteiger charge is 2.16. The largest absolute Gasteiger partial charge is 0.465 e. The number of ether oxygens (including phenoxy) is 2. The highest BCUT2D eigenvalue weighted by molar-refractivity contribution is 7.84. The second-order valence-corrected chi connectivity index (χ2v) is 6.27. The van der Waals surface area contributed by atoms with Crippen molar-refractivity contribution in [1.29, 1.82) is 0 Å². The molecule has 112 valence electrons. The summed E-state index contributed by atoms with van der Waals surface area (Å²) < 4.78 is 28.2. The molecule has 1 saturated heterocycles. The SMILES string of the molecule is CS(=O)c1cc(=O)c2ccc(OC3CCCCO3)cc2o1. The van der Waals surface area contributed by atoms with Crippen LogP contribution in [0.2, 0.25) is 0 Å². The second-order valence-electron chi connectivity index (χ2n) is 4.96. The average Bonchev–Trinajstić information content (AvgIpc) is 2.48. The zero-order valence-electron chi connectivity index (χ0n) is 11.7. The molecule has 1 aliphatic heterocycles. The molecule has 0 aliphatic carbocycles. The molecule has 0 bridgehead atoms. The van der Waals surface area contributed by atoms with Gasteiger partial charge in [-0.3, -0.25) is 9.00 Å². The molecule has 2 aromatic rings. The van der Waals surface area contributed by atoms with Gasteiger partial charge in [0.2, 0.25) is 0 Å². The normalized spacial score (nSPS) is 20.3. The molecular formula is C15H16O5S. The molecule has 1 aliphatic rings. The van der Waals surface area contributed by atoms with E-state index in [0.29, 0.717) is 23.3 Å². The van der Waals surface area contributed by atoms with Gasteiger partial charge in [0.1, 0.15) is 11.3 Å². The minimum atomic E-state index is -1.34. The summed E-state index contributed by atoms with van der Waals surface area (Å²) in [5, 5.41) is 0.611. The Morgan fingerprint density at radius 2 is 2.14 bits per heavy atom. The molecule has 0 spiro atoms. The third-order valence-electron chi connectivity index (χ3n) is 3.37. The van der Waals surface area contributed by atoms with Crippen molar-refractivity contribution in [3.63, 3.8) is 0 Å². The summed E-state index contributed by atoms with van der Waals surface area (Å²) in [4.78, 5) is 11.9. The Kier molecular flexibility index (Phi) is 4.07. The monoisotopic (exact) mass is 308 g/mol. The van der Waals surface area contributed by atoms with E-state index >= 15 is 0 Å². The van der Waals surface area contributed by atoms with Crippen LogP contribution in [0.15, 0.2) is 38.6 Å². The maximum Gasteiger partial charge on any atom is 0.199 e. The molecule has 1 aromatic heterocycles. The fraction of sp³-hybridized carbons (Fsp3) is 0.400. The molecule has 1 aromatic carbocycles. The third kappa shape index (κ3) is 3.16. The number of rotatable bonds is 3. The predicted molar refractivity (Wildman–Crippen MR) is 79.0 cm³/mol. The van der Waals surface area contributed by atoms with Gasteiger partial charge < -0.3 is 13.9 Å². The van der Waals surface area contributed by atoms with E-state index in [-0.39, 0.29) is 16.8 Å². The minimum absolute atomic E-state index is 0.165. The lowest BCUT2D eigenvalue weighted by Gasteiger charge is -2.23. The van der Waals surface area contributed by atoms with Gasteiger partial charge in [0, 0.05) is 24.8 Å². The fourth-order valence-corrected chi connectivity index (χ4v) is 2.76. The number of hydrogen-bond donors (Lipinski definition) is 0. The number of fused-ring (bicyclic) bond motifs is 1. The molecular weight excluding hydrogens is 292 g/mol. The summed E-state index contributed by atoms with van der Waals surface area (Å²) in [7, 11) is -1.34. The Morgan fingerprint density at radius 3 is 2.86 bits per heavy atom. The maximum atomic E-state index is 11.9. The first-order chi connectivity index (χ1) is 10.1. The first-order valence-corrected chi connectivity index (χ1v) is 8.39. The molecule has 0 saturated carbocycles. The standard InChI is InChI=1S/C15H16O5S/c1-21(17)15-9-12(16)11-6-5-10(8-13(11)20-15)19-14-4-2-3-7-18-14/h5-6,8-9,14H,2-4,7H2,1H3. The van der Waals surface area contributed by atoms with E-state index in [1.54, 1.807) is 18.2 Å². The summed E-state index contributed by atoms with van der Waals surface area (Å²) in [6.45, 7) is 0.701. The smallest absolute Gasteiger partial charge is 0.199 e. The Labute approximate surface area is 124 Å². The van der Waals surface area contributed by atoms with E-state index in [9.17, 15) is 9.00 Å². The molecule has 0 N–H and O–H groups in total. The highest BCUT2D eigenvalue weighted by Crippen LogP contribution is 2.23. The molecule has 1 fully saturated rings. The van der Waals surface area contributed by atoms with Crippen LogP contribution in [-0.4, -0.2) is 23.4 Å². The van der Waals surface area contributed by atoms with E-state index in [2.05, 4.69) is 0 Å². The van der Waals surface area contributed by atoms with Gasteiger partial charge in [0.15, 0.2) is 16.8 Å². The van der Waals surface area contributed by atoms with Crippen molar-refractivity contribution < 1.29 is 18.1 Å². The topological polar surface area (TPSA) is 65.7 Å².